The Morgan fingerprint density at radius 2 is 2.03 bits per heavy atom. The highest BCUT2D eigenvalue weighted by Crippen LogP contribution is 2.39. The SMILES string of the molecule is C=CC(=O)N(CCOC1CCCCO1)c1cc(C=CC2CCC(F)(F)CC2)c2c(c1)CCO2. The lowest BCUT2D eigenvalue weighted by atomic mass is 9.86. The Hall–Kier alpha value is -2.25. The molecular formula is C26H33F2NO4. The number of halogens is 2. The smallest absolute Gasteiger partial charge is 0.250 e. The van der Waals surface area contributed by atoms with E-state index in [0.29, 0.717) is 39.2 Å². The van der Waals surface area contributed by atoms with Crippen molar-refractivity contribution in [3.63, 3.8) is 0 Å². The number of hydrogen-bond donors (Lipinski definition) is 0. The Morgan fingerprint density at radius 3 is 2.76 bits per heavy atom. The van der Waals surface area contributed by atoms with Gasteiger partial charge in [0.1, 0.15) is 5.75 Å². The second-order valence-electron chi connectivity index (χ2n) is 9.04. The summed E-state index contributed by atoms with van der Waals surface area (Å²) in [6.45, 7) is 5.69. The average Bonchev–Trinajstić information content (AvgIpc) is 3.30. The molecule has 3 aliphatic rings. The molecular weight excluding hydrogens is 428 g/mol. The second kappa shape index (κ2) is 10.8. The number of fused-ring (bicyclic) bond motifs is 1. The van der Waals surface area contributed by atoms with E-state index in [9.17, 15) is 13.6 Å². The molecule has 0 spiro atoms. The number of nitrogens with zero attached hydrogens (tertiary/aromatic N) is 1. The zero-order valence-electron chi connectivity index (χ0n) is 19.1. The van der Waals surface area contributed by atoms with E-state index in [1.165, 1.54) is 6.08 Å². The number of rotatable bonds is 8. The molecule has 1 atom stereocenters. The summed E-state index contributed by atoms with van der Waals surface area (Å²) < 4.78 is 44.3. The molecule has 5 nitrogen and oxygen atoms in total. The predicted molar refractivity (Wildman–Crippen MR) is 124 cm³/mol. The Balaban J connectivity index is 1.49. The maximum Gasteiger partial charge on any atom is 0.250 e. The van der Waals surface area contributed by atoms with Gasteiger partial charge in [-0.2, -0.15) is 0 Å². The highest BCUT2D eigenvalue weighted by atomic mass is 19.3. The zero-order valence-corrected chi connectivity index (χ0v) is 19.1. The maximum absolute atomic E-state index is 13.5. The van der Waals surface area contributed by atoms with Crippen LogP contribution in [-0.4, -0.2) is 44.5 Å². The first-order valence-electron chi connectivity index (χ1n) is 12.0. The summed E-state index contributed by atoms with van der Waals surface area (Å²) in [6, 6.07) is 3.91. The molecule has 1 aliphatic carbocycles. The Bertz CT molecular complexity index is 869. The molecule has 2 aliphatic heterocycles. The van der Waals surface area contributed by atoms with Crippen LogP contribution >= 0.6 is 0 Å². The van der Waals surface area contributed by atoms with Crippen molar-refractivity contribution in [1.29, 1.82) is 0 Å². The predicted octanol–water partition coefficient (Wildman–Crippen LogP) is 5.52. The minimum Gasteiger partial charge on any atom is -0.492 e. The monoisotopic (exact) mass is 461 g/mol. The van der Waals surface area contributed by atoms with E-state index >= 15 is 0 Å². The van der Waals surface area contributed by atoms with Crippen molar-refractivity contribution in [1.82, 2.24) is 0 Å². The summed E-state index contributed by atoms with van der Waals surface area (Å²) in [7, 11) is 0. The van der Waals surface area contributed by atoms with Crippen molar-refractivity contribution in [2.45, 2.75) is 63.6 Å². The number of allylic oxidation sites excluding steroid dienone is 1. The van der Waals surface area contributed by atoms with Crippen LogP contribution in [0.1, 0.15) is 56.1 Å². The van der Waals surface area contributed by atoms with Crippen LogP contribution in [0, 0.1) is 5.92 Å². The number of amides is 1. The number of anilines is 1. The van der Waals surface area contributed by atoms with Crippen molar-refractivity contribution >= 4 is 17.7 Å². The van der Waals surface area contributed by atoms with Gasteiger partial charge in [-0.05, 0) is 56.2 Å². The Labute approximate surface area is 194 Å². The van der Waals surface area contributed by atoms with Crippen LogP contribution in [0.2, 0.25) is 0 Å². The van der Waals surface area contributed by atoms with Crippen molar-refractivity contribution in [3.05, 3.63) is 42.0 Å². The van der Waals surface area contributed by atoms with Gasteiger partial charge in [0.15, 0.2) is 6.29 Å². The third-order valence-corrected chi connectivity index (χ3v) is 6.62. The fourth-order valence-electron chi connectivity index (χ4n) is 4.69. The molecule has 0 radical (unpaired) electrons. The minimum absolute atomic E-state index is 0.0665. The average molecular weight is 462 g/mol. The number of benzene rings is 1. The van der Waals surface area contributed by atoms with Crippen LogP contribution in [0.3, 0.4) is 0 Å². The number of ether oxygens (including phenoxy) is 3. The fraction of sp³-hybridized carbons (Fsp3) is 0.577. The first kappa shape index (κ1) is 23.9. The largest absolute Gasteiger partial charge is 0.492 e. The normalized spacial score (nSPS) is 22.7. The number of hydrogen-bond acceptors (Lipinski definition) is 4. The van der Waals surface area contributed by atoms with Gasteiger partial charge in [-0.15, -0.1) is 0 Å². The number of carbonyl (C=O) groups excluding carboxylic acids is 1. The van der Waals surface area contributed by atoms with Gasteiger partial charge in [0.2, 0.25) is 11.8 Å². The van der Waals surface area contributed by atoms with Crippen molar-refractivity contribution < 1.29 is 27.8 Å². The van der Waals surface area contributed by atoms with E-state index < -0.39 is 5.92 Å². The summed E-state index contributed by atoms with van der Waals surface area (Å²) in [5, 5.41) is 0. The third-order valence-electron chi connectivity index (χ3n) is 6.62. The van der Waals surface area contributed by atoms with E-state index in [2.05, 4.69) is 6.58 Å². The van der Waals surface area contributed by atoms with Gasteiger partial charge in [-0.25, -0.2) is 8.78 Å². The maximum atomic E-state index is 13.5. The molecule has 1 saturated carbocycles. The zero-order chi connectivity index (χ0) is 23.3. The Kier molecular flexibility index (Phi) is 7.81. The van der Waals surface area contributed by atoms with Crippen molar-refractivity contribution in [2.24, 2.45) is 5.92 Å². The van der Waals surface area contributed by atoms with Gasteiger partial charge in [0.25, 0.3) is 0 Å². The highest BCUT2D eigenvalue weighted by molar-refractivity contribution is 6.01. The van der Waals surface area contributed by atoms with E-state index in [1.54, 1.807) is 4.90 Å². The number of alkyl halides is 2. The molecule has 1 saturated heterocycles. The molecule has 4 rings (SSSR count). The summed E-state index contributed by atoms with van der Waals surface area (Å²) in [6.07, 6.45) is 9.66. The standard InChI is InChI=1S/C26H33F2NO4/c1-2-23(30)29(13-16-32-24-5-3-4-14-31-24)22-17-20(25-21(18-22)10-15-33-25)7-6-19-8-11-26(27,28)12-9-19/h2,6-7,17-19,24H,1,3-5,8-16H2. The van der Waals surface area contributed by atoms with Gasteiger partial charge >= 0.3 is 0 Å². The van der Waals surface area contributed by atoms with Gasteiger partial charge in [-0.1, -0.05) is 18.7 Å². The van der Waals surface area contributed by atoms with E-state index in [4.69, 9.17) is 14.2 Å². The lowest BCUT2D eigenvalue weighted by Gasteiger charge is -2.27. The van der Waals surface area contributed by atoms with Crippen LogP contribution in [0.25, 0.3) is 6.08 Å². The molecule has 1 aromatic carbocycles. The number of carbonyl (C=O) groups is 1. The van der Waals surface area contributed by atoms with Gasteiger partial charge in [-0.3, -0.25) is 4.79 Å². The Morgan fingerprint density at radius 1 is 1.21 bits per heavy atom. The third kappa shape index (κ3) is 6.21. The lowest BCUT2D eigenvalue weighted by molar-refractivity contribution is -0.160. The van der Waals surface area contributed by atoms with Gasteiger partial charge in [0.05, 0.1) is 13.2 Å². The second-order valence-corrected chi connectivity index (χ2v) is 9.04. The van der Waals surface area contributed by atoms with Crippen LogP contribution in [0.4, 0.5) is 14.5 Å². The van der Waals surface area contributed by atoms with Crippen molar-refractivity contribution in [3.8, 4) is 5.75 Å². The summed E-state index contributed by atoms with van der Waals surface area (Å²) in [5.74, 6) is -1.80. The van der Waals surface area contributed by atoms with Gasteiger partial charge in [0, 0.05) is 49.2 Å². The summed E-state index contributed by atoms with van der Waals surface area (Å²) >= 11 is 0. The molecule has 7 heteroatoms. The lowest BCUT2D eigenvalue weighted by Crippen LogP contribution is -2.34. The molecule has 0 aromatic heterocycles. The van der Waals surface area contributed by atoms with Crippen LogP contribution in [0.15, 0.2) is 30.9 Å². The van der Waals surface area contributed by atoms with E-state index in [1.807, 2.05) is 24.3 Å². The molecule has 2 heterocycles. The molecule has 1 aromatic rings. The molecule has 0 bridgehead atoms. The first-order chi connectivity index (χ1) is 15.9. The first-order valence-corrected chi connectivity index (χ1v) is 12.0. The topological polar surface area (TPSA) is 48.0 Å². The molecule has 2 fully saturated rings. The molecule has 0 N–H and O–H groups in total. The van der Waals surface area contributed by atoms with Crippen LogP contribution in [0.5, 0.6) is 5.75 Å². The minimum atomic E-state index is -2.54. The molecule has 1 amide bonds. The quantitative estimate of drug-likeness (QED) is 0.478. The summed E-state index contributed by atoms with van der Waals surface area (Å²) in [4.78, 5) is 14.3. The molecule has 180 valence electrons. The molecule has 33 heavy (non-hydrogen) atoms. The highest BCUT2D eigenvalue weighted by Gasteiger charge is 2.34. The molecule has 1 unspecified atom stereocenters. The van der Waals surface area contributed by atoms with E-state index in [-0.39, 0.29) is 31.0 Å². The van der Waals surface area contributed by atoms with Crippen LogP contribution < -0.4 is 9.64 Å². The van der Waals surface area contributed by atoms with E-state index in [0.717, 1.165) is 48.2 Å². The van der Waals surface area contributed by atoms with Gasteiger partial charge < -0.3 is 19.1 Å². The van der Waals surface area contributed by atoms with Crippen LogP contribution in [-0.2, 0) is 20.7 Å². The fourth-order valence-corrected chi connectivity index (χ4v) is 4.69. The van der Waals surface area contributed by atoms with Crippen molar-refractivity contribution in [2.75, 3.05) is 31.3 Å². The summed E-state index contributed by atoms with van der Waals surface area (Å²) in [5.41, 5.74) is 2.67.